The van der Waals surface area contributed by atoms with E-state index >= 15 is 0 Å². The van der Waals surface area contributed by atoms with E-state index in [0.29, 0.717) is 12.5 Å². The van der Waals surface area contributed by atoms with Crippen LogP contribution in [-0.2, 0) is 0 Å². The van der Waals surface area contributed by atoms with Gasteiger partial charge in [-0.15, -0.1) is 0 Å². The summed E-state index contributed by atoms with van der Waals surface area (Å²) in [6, 6.07) is 7.96. The molecule has 1 aromatic heterocycles. The van der Waals surface area contributed by atoms with Crippen LogP contribution in [-0.4, -0.2) is 29.7 Å². The third-order valence-corrected chi connectivity index (χ3v) is 3.46. The van der Waals surface area contributed by atoms with E-state index in [1.807, 2.05) is 31.2 Å². The van der Waals surface area contributed by atoms with Crippen molar-refractivity contribution in [2.24, 2.45) is 0 Å². The predicted octanol–water partition coefficient (Wildman–Crippen LogP) is 3.02. The van der Waals surface area contributed by atoms with Crippen molar-refractivity contribution < 1.29 is 4.74 Å². The minimum Gasteiger partial charge on any atom is -0.475 e. The molecule has 100 valence electrons. The summed E-state index contributed by atoms with van der Waals surface area (Å²) in [6.45, 7) is 4.70. The van der Waals surface area contributed by atoms with Crippen LogP contribution < -0.4 is 9.64 Å². The summed E-state index contributed by atoms with van der Waals surface area (Å²) in [5.74, 6) is 1.57. The molecule has 0 atom stereocenters. The van der Waals surface area contributed by atoms with E-state index in [4.69, 9.17) is 9.72 Å². The maximum Gasteiger partial charge on any atom is 0.258 e. The fourth-order valence-electron chi connectivity index (χ4n) is 2.52. The fourth-order valence-corrected chi connectivity index (χ4v) is 2.52. The topological polar surface area (TPSA) is 38.3 Å². The van der Waals surface area contributed by atoms with Gasteiger partial charge in [-0.25, -0.2) is 9.97 Å². The first-order valence-electron chi connectivity index (χ1n) is 7.03. The Bertz CT molecular complexity index is 564. The molecule has 0 bridgehead atoms. The largest absolute Gasteiger partial charge is 0.475 e. The number of aromatic nitrogens is 2. The summed E-state index contributed by atoms with van der Waals surface area (Å²) in [5.41, 5.74) is 1.83. The lowest BCUT2D eigenvalue weighted by atomic mass is 10.1. The van der Waals surface area contributed by atoms with Gasteiger partial charge in [0.1, 0.15) is 0 Å². The van der Waals surface area contributed by atoms with Crippen LogP contribution in [0.15, 0.2) is 24.3 Å². The number of nitrogens with zero attached hydrogens (tertiary/aromatic N) is 3. The van der Waals surface area contributed by atoms with E-state index in [1.165, 1.54) is 19.3 Å². The summed E-state index contributed by atoms with van der Waals surface area (Å²) >= 11 is 0. The molecule has 4 heteroatoms. The number of para-hydroxylation sites is 2. The molecule has 4 nitrogen and oxygen atoms in total. The number of fused-ring (bicyclic) bond motifs is 1. The third-order valence-electron chi connectivity index (χ3n) is 3.46. The van der Waals surface area contributed by atoms with Crippen LogP contribution in [0, 0.1) is 0 Å². The van der Waals surface area contributed by atoms with Gasteiger partial charge in [0.2, 0.25) is 0 Å². The molecular weight excluding hydrogens is 238 g/mol. The molecule has 1 fully saturated rings. The van der Waals surface area contributed by atoms with Crippen molar-refractivity contribution in [3.05, 3.63) is 24.3 Å². The quantitative estimate of drug-likeness (QED) is 0.847. The van der Waals surface area contributed by atoms with Gasteiger partial charge in [0, 0.05) is 13.1 Å². The van der Waals surface area contributed by atoms with Gasteiger partial charge in [0.15, 0.2) is 5.82 Å². The van der Waals surface area contributed by atoms with Crippen molar-refractivity contribution in [2.45, 2.75) is 26.2 Å². The highest BCUT2D eigenvalue weighted by molar-refractivity contribution is 5.77. The monoisotopic (exact) mass is 257 g/mol. The normalized spacial score (nSPS) is 15.7. The first kappa shape index (κ1) is 12.2. The van der Waals surface area contributed by atoms with E-state index < -0.39 is 0 Å². The zero-order chi connectivity index (χ0) is 13.1. The number of hydrogen-bond acceptors (Lipinski definition) is 4. The number of anilines is 1. The Morgan fingerprint density at radius 2 is 1.74 bits per heavy atom. The lowest BCUT2D eigenvalue weighted by molar-refractivity contribution is 0.326. The molecule has 0 N–H and O–H groups in total. The van der Waals surface area contributed by atoms with Crippen LogP contribution in [0.2, 0.25) is 0 Å². The first-order chi connectivity index (χ1) is 9.38. The van der Waals surface area contributed by atoms with Gasteiger partial charge in [-0.3, -0.25) is 0 Å². The number of ether oxygens (including phenoxy) is 1. The molecule has 2 heterocycles. The van der Waals surface area contributed by atoms with Crippen molar-refractivity contribution in [1.82, 2.24) is 9.97 Å². The van der Waals surface area contributed by atoms with E-state index in [1.54, 1.807) is 0 Å². The van der Waals surface area contributed by atoms with Gasteiger partial charge in [0.25, 0.3) is 5.88 Å². The Balaban J connectivity index is 2.05. The van der Waals surface area contributed by atoms with Crippen LogP contribution in [0.3, 0.4) is 0 Å². The highest BCUT2D eigenvalue weighted by Gasteiger charge is 2.18. The van der Waals surface area contributed by atoms with E-state index in [2.05, 4.69) is 9.88 Å². The van der Waals surface area contributed by atoms with E-state index in [-0.39, 0.29) is 0 Å². The van der Waals surface area contributed by atoms with Gasteiger partial charge >= 0.3 is 0 Å². The summed E-state index contributed by atoms with van der Waals surface area (Å²) in [7, 11) is 0. The maximum absolute atomic E-state index is 5.68. The molecule has 1 aliphatic heterocycles. The minimum atomic E-state index is 0.619. The maximum atomic E-state index is 5.68. The summed E-state index contributed by atoms with van der Waals surface area (Å²) < 4.78 is 5.68. The van der Waals surface area contributed by atoms with Crippen molar-refractivity contribution in [3.8, 4) is 5.88 Å². The first-order valence-corrected chi connectivity index (χ1v) is 7.03. The molecule has 3 rings (SSSR count). The Hall–Kier alpha value is -1.84. The Kier molecular flexibility index (Phi) is 3.49. The SMILES string of the molecule is CCOc1nc2ccccc2nc1N1CCCCC1. The zero-order valence-corrected chi connectivity index (χ0v) is 11.3. The molecule has 0 amide bonds. The van der Waals surface area contributed by atoms with Gasteiger partial charge < -0.3 is 9.64 Å². The molecule has 1 saturated heterocycles. The van der Waals surface area contributed by atoms with Gasteiger partial charge in [-0.1, -0.05) is 12.1 Å². The van der Waals surface area contributed by atoms with Crippen LogP contribution in [0.4, 0.5) is 5.82 Å². The number of hydrogen-bond donors (Lipinski definition) is 0. The van der Waals surface area contributed by atoms with Crippen LogP contribution >= 0.6 is 0 Å². The average Bonchev–Trinajstić information content (AvgIpc) is 2.48. The second-order valence-corrected chi connectivity index (χ2v) is 4.82. The Morgan fingerprint density at radius 3 is 2.42 bits per heavy atom. The number of benzene rings is 1. The van der Waals surface area contributed by atoms with Crippen LogP contribution in [0.25, 0.3) is 11.0 Å². The highest BCUT2D eigenvalue weighted by atomic mass is 16.5. The average molecular weight is 257 g/mol. The summed E-state index contributed by atoms with van der Waals surface area (Å²) in [6.07, 6.45) is 3.75. The second-order valence-electron chi connectivity index (χ2n) is 4.82. The molecule has 1 aliphatic rings. The predicted molar refractivity (Wildman–Crippen MR) is 76.8 cm³/mol. The van der Waals surface area contributed by atoms with E-state index in [9.17, 15) is 0 Å². The van der Waals surface area contributed by atoms with Gasteiger partial charge in [0.05, 0.1) is 17.6 Å². The molecule has 0 unspecified atom stereocenters. The molecule has 1 aromatic carbocycles. The second kappa shape index (κ2) is 5.43. The van der Waals surface area contributed by atoms with Crippen molar-refractivity contribution >= 4 is 16.9 Å². The summed E-state index contributed by atoms with van der Waals surface area (Å²) in [4.78, 5) is 11.7. The lowest BCUT2D eigenvalue weighted by Crippen LogP contribution is -2.30. The fraction of sp³-hybridized carbons (Fsp3) is 0.467. The molecule has 0 saturated carbocycles. The van der Waals surface area contributed by atoms with E-state index in [0.717, 1.165) is 29.9 Å². The number of rotatable bonds is 3. The molecule has 0 spiro atoms. The Labute approximate surface area is 113 Å². The lowest BCUT2D eigenvalue weighted by Gasteiger charge is -2.28. The number of piperidine rings is 1. The molecule has 0 aliphatic carbocycles. The molecule has 0 radical (unpaired) electrons. The Morgan fingerprint density at radius 1 is 1.05 bits per heavy atom. The van der Waals surface area contributed by atoms with Gasteiger partial charge in [-0.05, 0) is 38.3 Å². The minimum absolute atomic E-state index is 0.619. The summed E-state index contributed by atoms with van der Waals surface area (Å²) in [5, 5.41) is 0. The van der Waals surface area contributed by atoms with Crippen LogP contribution in [0.1, 0.15) is 26.2 Å². The van der Waals surface area contributed by atoms with Crippen molar-refractivity contribution in [3.63, 3.8) is 0 Å². The molecule has 19 heavy (non-hydrogen) atoms. The van der Waals surface area contributed by atoms with Crippen molar-refractivity contribution in [1.29, 1.82) is 0 Å². The smallest absolute Gasteiger partial charge is 0.258 e. The molecular formula is C15H19N3O. The highest BCUT2D eigenvalue weighted by Crippen LogP contribution is 2.29. The third kappa shape index (κ3) is 2.48. The van der Waals surface area contributed by atoms with Crippen molar-refractivity contribution in [2.75, 3.05) is 24.6 Å². The van der Waals surface area contributed by atoms with Gasteiger partial charge in [-0.2, -0.15) is 0 Å². The standard InChI is InChI=1S/C15H19N3O/c1-2-19-15-14(18-10-6-3-7-11-18)16-12-8-4-5-9-13(12)17-15/h4-5,8-9H,2-3,6-7,10-11H2,1H3. The van der Waals surface area contributed by atoms with Crippen LogP contribution in [0.5, 0.6) is 5.88 Å². The zero-order valence-electron chi connectivity index (χ0n) is 11.3. The molecule has 2 aromatic rings.